The summed E-state index contributed by atoms with van der Waals surface area (Å²) in [5.74, 6) is -0.310. The van der Waals surface area contributed by atoms with Crippen molar-refractivity contribution >= 4 is 62.4 Å². The molecule has 1 fully saturated rings. The van der Waals surface area contributed by atoms with Crippen molar-refractivity contribution < 1.29 is 17.9 Å². The molecule has 0 radical (unpaired) electrons. The minimum absolute atomic E-state index is 0.251. The molecular formula is C23H27Cl2FN3O3S2-. The number of amides is 1. The summed E-state index contributed by atoms with van der Waals surface area (Å²) >= 11 is 10.5. The summed E-state index contributed by atoms with van der Waals surface area (Å²) in [7, 11) is 0. The third kappa shape index (κ3) is 6.05. The van der Waals surface area contributed by atoms with E-state index in [9.17, 15) is 17.9 Å². The van der Waals surface area contributed by atoms with E-state index in [4.69, 9.17) is 23.2 Å². The maximum absolute atomic E-state index is 13.5. The zero-order chi connectivity index (χ0) is 24.2. The van der Waals surface area contributed by atoms with Gasteiger partial charge in [0.05, 0.1) is 5.02 Å². The van der Waals surface area contributed by atoms with Crippen molar-refractivity contribution in [3.05, 3.63) is 45.0 Å². The van der Waals surface area contributed by atoms with Crippen LogP contribution in [0.5, 0.6) is 0 Å². The molecule has 0 bridgehead atoms. The van der Waals surface area contributed by atoms with E-state index in [0.717, 1.165) is 65.5 Å². The number of nitrogens with zero attached hydrogens (tertiary/aromatic N) is 2. The molecule has 0 saturated heterocycles. The van der Waals surface area contributed by atoms with Crippen LogP contribution >= 0.6 is 34.5 Å². The first-order chi connectivity index (χ1) is 16.3. The SMILES string of the molecule is O=C(NCCN1CCc2cc(F)ccc21)C(CC1CCCCC1)N(c1cc(Cl)c(Cl)s1)S(=O)[O-]. The number of fused-ring (bicyclic) bond motifs is 1. The molecule has 2 unspecified atom stereocenters. The highest BCUT2D eigenvalue weighted by atomic mass is 35.5. The van der Waals surface area contributed by atoms with Crippen molar-refractivity contribution in [2.75, 3.05) is 28.8 Å². The Balaban J connectivity index is 1.46. The standard InChI is InChI=1S/C23H28Cl2FN3O3S2/c24-18-14-21(33-22(18)25)29(34(31)32)20(12-15-4-2-1-3-5-15)23(30)27-9-11-28-10-8-16-13-17(26)6-7-19(16)28/h6-7,13-15,20H,1-5,8-12H2,(H,27,30)(H,31,32)/p-1. The fourth-order valence-electron chi connectivity index (χ4n) is 4.93. The molecule has 186 valence electrons. The fourth-order valence-corrected chi connectivity index (χ4v) is 7.12. The monoisotopic (exact) mass is 546 g/mol. The van der Waals surface area contributed by atoms with E-state index < -0.39 is 17.3 Å². The maximum atomic E-state index is 13.5. The summed E-state index contributed by atoms with van der Waals surface area (Å²) in [5.41, 5.74) is 1.93. The minimum atomic E-state index is -2.67. The Hall–Kier alpha value is -1.39. The summed E-state index contributed by atoms with van der Waals surface area (Å²) in [6.45, 7) is 1.66. The molecule has 1 saturated carbocycles. The first kappa shape index (κ1) is 25.7. The van der Waals surface area contributed by atoms with Gasteiger partial charge in [-0.05, 0) is 48.6 Å². The van der Waals surface area contributed by atoms with Crippen LogP contribution in [-0.4, -0.2) is 40.3 Å². The van der Waals surface area contributed by atoms with Crippen molar-refractivity contribution in [3.8, 4) is 0 Å². The Kier molecular flexibility index (Phi) is 8.74. The summed E-state index contributed by atoms with van der Waals surface area (Å²) in [5, 5.41) is 3.53. The Bertz CT molecular complexity index is 1030. The van der Waals surface area contributed by atoms with Crippen LogP contribution in [0.2, 0.25) is 9.36 Å². The number of rotatable bonds is 9. The average molecular weight is 548 g/mol. The zero-order valence-corrected chi connectivity index (χ0v) is 21.7. The highest BCUT2D eigenvalue weighted by Crippen LogP contribution is 2.40. The molecule has 6 nitrogen and oxygen atoms in total. The van der Waals surface area contributed by atoms with Gasteiger partial charge < -0.3 is 14.8 Å². The molecule has 2 heterocycles. The summed E-state index contributed by atoms with van der Waals surface area (Å²) in [4.78, 5) is 15.4. The summed E-state index contributed by atoms with van der Waals surface area (Å²) < 4.78 is 39.5. The topological polar surface area (TPSA) is 75.7 Å². The molecule has 1 N–H and O–H groups in total. The van der Waals surface area contributed by atoms with E-state index in [-0.39, 0.29) is 27.0 Å². The van der Waals surface area contributed by atoms with Crippen LogP contribution in [0.4, 0.5) is 15.1 Å². The predicted molar refractivity (Wildman–Crippen MR) is 136 cm³/mol. The second-order valence-electron chi connectivity index (χ2n) is 8.81. The number of carbonyl (C=O) groups is 1. The van der Waals surface area contributed by atoms with Gasteiger partial charge in [-0.15, -0.1) is 11.3 Å². The lowest BCUT2D eigenvalue weighted by atomic mass is 9.84. The minimum Gasteiger partial charge on any atom is -0.755 e. The average Bonchev–Trinajstić information content (AvgIpc) is 3.35. The maximum Gasteiger partial charge on any atom is 0.243 e. The largest absolute Gasteiger partial charge is 0.755 e. The number of nitrogens with one attached hydrogen (secondary N) is 1. The molecule has 1 aliphatic carbocycles. The lowest BCUT2D eigenvalue weighted by Crippen LogP contribution is -2.50. The van der Waals surface area contributed by atoms with Gasteiger partial charge in [0, 0.05) is 36.6 Å². The van der Waals surface area contributed by atoms with Gasteiger partial charge in [0.2, 0.25) is 5.91 Å². The van der Waals surface area contributed by atoms with E-state index in [1.54, 1.807) is 12.1 Å². The Morgan fingerprint density at radius 1 is 1.29 bits per heavy atom. The van der Waals surface area contributed by atoms with Crippen LogP contribution in [-0.2, 0) is 22.5 Å². The third-order valence-electron chi connectivity index (χ3n) is 6.59. The van der Waals surface area contributed by atoms with Crippen molar-refractivity contribution in [2.24, 2.45) is 5.92 Å². The van der Waals surface area contributed by atoms with Crippen LogP contribution < -0.4 is 14.5 Å². The molecule has 2 atom stereocenters. The lowest BCUT2D eigenvalue weighted by Gasteiger charge is -2.35. The fraction of sp³-hybridized carbons (Fsp3) is 0.522. The van der Waals surface area contributed by atoms with Crippen molar-refractivity contribution in [1.29, 1.82) is 0 Å². The molecule has 1 aromatic carbocycles. The first-order valence-corrected chi connectivity index (χ1v) is 14.1. The van der Waals surface area contributed by atoms with Gasteiger partial charge in [-0.3, -0.25) is 13.3 Å². The molecule has 11 heteroatoms. The van der Waals surface area contributed by atoms with Gasteiger partial charge in [0.25, 0.3) is 0 Å². The molecule has 0 spiro atoms. The van der Waals surface area contributed by atoms with Crippen LogP contribution in [0.25, 0.3) is 0 Å². The summed E-state index contributed by atoms with van der Waals surface area (Å²) in [6, 6.07) is 5.36. The second-order valence-corrected chi connectivity index (χ2v) is 11.7. The van der Waals surface area contributed by atoms with E-state index in [1.165, 1.54) is 18.6 Å². The number of hydrogen-bond acceptors (Lipinski definition) is 5. The number of anilines is 2. The van der Waals surface area contributed by atoms with Crippen molar-refractivity contribution in [2.45, 2.75) is 51.0 Å². The van der Waals surface area contributed by atoms with Crippen molar-refractivity contribution in [3.63, 3.8) is 0 Å². The van der Waals surface area contributed by atoms with Gasteiger partial charge in [0.1, 0.15) is 21.2 Å². The van der Waals surface area contributed by atoms with E-state index in [2.05, 4.69) is 10.2 Å². The van der Waals surface area contributed by atoms with Crippen molar-refractivity contribution in [1.82, 2.24) is 5.32 Å². The zero-order valence-electron chi connectivity index (χ0n) is 18.6. The van der Waals surface area contributed by atoms with Gasteiger partial charge in [-0.2, -0.15) is 0 Å². The number of halogens is 3. The van der Waals surface area contributed by atoms with Crippen LogP contribution in [0.15, 0.2) is 24.3 Å². The van der Waals surface area contributed by atoms with Gasteiger partial charge >= 0.3 is 0 Å². The molecule has 1 amide bonds. The quantitative estimate of drug-likeness (QED) is 0.432. The third-order valence-corrected chi connectivity index (χ3v) is 9.34. The van der Waals surface area contributed by atoms with Gasteiger partial charge in [-0.1, -0.05) is 55.3 Å². The molecule has 34 heavy (non-hydrogen) atoms. The second kappa shape index (κ2) is 11.6. The number of hydrogen-bond donors (Lipinski definition) is 1. The number of thiophene rings is 1. The Morgan fingerprint density at radius 2 is 2.06 bits per heavy atom. The van der Waals surface area contributed by atoms with Crippen LogP contribution in [0.3, 0.4) is 0 Å². The number of benzene rings is 1. The molecule has 4 rings (SSSR count). The predicted octanol–water partition coefficient (Wildman–Crippen LogP) is 5.31. The van der Waals surface area contributed by atoms with Gasteiger partial charge in [-0.25, -0.2) is 4.39 Å². The highest BCUT2D eigenvalue weighted by molar-refractivity contribution is 7.81. The van der Waals surface area contributed by atoms with Crippen LogP contribution in [0, 0.1) is 11.7 Å². The normalized spacial score (nSPS) is 17.9. The molecule has 1 aromatic heterocycles. The summed E-state index contributed by atoms with van der Waals surface area (Å²) in [6.07, 6.45) is 6.51. The van der Waals surface area contributed by atoms with E-state index >= 15 is 0 Å². The van der Waals surface area contributed by atoms with E-state index in [0.29, 0.717) is 24.5 Å². The Labute approximate surface area is 215 Å². The molecule has 1 aliphatic heterocycles. The first-order valence-electron chi connectivity index (χ1n) is 11.5. The van der Waals surface area contributed by atoms with E-state index in [1.807, 2.05) is 0 Å². The lowest BCUT2D eigenvalue weighted by molar-refractivity contribution is -0.122. The molecule has 2 aromatic rings. The number of carbonyl (C=O) groups excluding carboxylic acids is 1. The van der Waals surface area contributed by atoms with Gasteiger partial charge in [0.15, 0.2) is 0 Å². The smallest absolute Gasteiger partial charge is 0.243 e. The Morgan fingerprint density at radius 3 is 2.74 bits per heavy atom. The van der Waals surface area contributed by atoms with Crippen LogP contribution in [0.1, 0.15) is 44.1 Å². The molecular weight excluding hydrogens is 520 g/mol. The molecule has 2 aliphatic rings. The highest BCUT2D eigenvalue weighted by Gasteiger charge is 2.32.